The molecule has 0 bridgehead atoms. The van der Waals surface area contributed by atoms with Crippen molar-refractivity contribution in [2.45, 2.75) is 40.5 Å². The topological polar surface area (TPSA) is 68.3 Å². The van der Waals surface area contributed by atoms with E-state index in [2.05, 4.69) is 29.4 Å². The van der Waals surface area contributed by atoms with Crippen molar-refractivity contribution in [2.24, 2.45) is 0 Å². The van der Waals surface area contributed by atoms with Gasteiger partial charge in [-0.3, -0.25) is 4.79 Å². The first-order valence-electron chi connectivity index (χ1n) is 10.0. The van der Waals surface area contributed by atoms with Gasteiger partial charge in [-0.25, -0.2) is 9.78 Å². The fourth-order valence-electron chi connectivity index (χ4n) is 3.17. The molecule has 0 saturated heterocycles. The molecule has 0 aliphatic carbocycles. The number of carbonyl (C=O) groups is 2. The third-order valence-corrected chi connectivity index (χ3v) is 6.12. The van der Waals surface area contributed by atoms with Crippen LogP contribution in [0.15, 0.2) is 42.5 Å². The zero-order chi connectivity index (χ0) is 21.7. The van der Waals surface area contributed by atoms with Gasteiger partial charge in [0.2, 0.25) is 0 Å². The number of aryl methyl sites for hydroxylation is 4. The number of esters is 1. The molecule has 0 unspecified atom stereocenters. The van der Waals surface area contributed by atoms with Gasteiger partial charge in [0.1, 0.15) is 9.88 Å². The van der Waals surface area contributed by atoms with Gasteiger partial charge in [0.05, 0.1) is 5.69 Å². The van der Waals surface area contributed by atoms with Crippen molar-refractivity contribution >= 4 is 28.9 Å². The molecular weight excluding hydrogens is 396 g/mol. The summed E-state index contributed by atoms with van der Waals surface area (Å²) in [6, 6.07) is 14.0. The van der Waals surface area contributed by atoms with E-state index in [-0.39, 0.29) is 12.5 Å². The van der Waals surface area contributed by atoms with Crippen LogP contribution in [-0.4, -0.2) is 23.5 Å². The Labute approximate surface area is 181 Å². The van der Waals surface area contributed by atoms with Crippen LogP contribution in [0.4, 0.5) is 5.69 Å². The van der Waals surface area contributed by atoms with E-state index in [9.17, 15) is 9.59 Å². The average Bonchev–Trinajstić information content (AvgIpc) is 3.15. The number of hydrogen-bond donors (Lipinski definition) is 1. The van der Waals surface area contributed by atoms with Crippen LogP contribution >= 0.6 is 11.3 Å². The van der Waals surface area contributed by atoms with Gasteiger partial charge < -0.3 is 10.1 Å². The third-order valence-electron chi connectivity index (χ3n) is 4.93. The minimum Gasteiger partial charge on any atom is -0.451 e. The van der Waals surface area contributed by atoms with Gasteiger partial charge in [-0.2, -0.15) is 0 Å². The second-order valence-corrected chi connectivity index (χ2v) is 8.07. The number of amides is 1. The second kappa shape index (κ2) is 9.67. The van der Waals surface area contributed by atoms with Crippen molar-refractivity contribution in [3.8, 4) is 10.6 Å². The number of aromatic nitrogens is 1. The van der Waals surface area contributed by atoms with Crippen molar-refractivity contribution in [1.82, 2.24) is 4.98 Å². The number of anilines is 1. The fourth-order valence-corrected chi connectivity index (χ4v) is 4.13. The maximum Gasteiger partial charge on any atom is 0.350 e. The molecule has 0 fully saturated rings. The molecule has 3 rings (SSSR count). The summed E-state index contributed by atoms with van der Waals surface area (Å²) >= 11 is 1.28. The highest BCUT2D eigenvalue weighted by molar-refractivity contribution is 7.17. The molecule has 5 nitrogen and oxygen atoms in total. The summed E-state index contributed by atoms with van der Waals surface area (Å²) in [5.74, 6) is -0.887. The standard InChI is InChI=1S/C24H26N2O3S/c1-5-17-10-12-19(13-11-17)23-25-16(4)22(30-23)24(28)29-14-20(27)26-21-15(3)8-7-9-18(21)6-2/h7-13H,5-6,14H2,1-4H3,(H,26,27). The number of nitrogens with one attached hydrogen (secondary N) is 1. The number of para-hydroxylation sites is 1. The highest BCUT2D eigenvalue weighted by atomic mass is 32.1. The van der Waals surface area contributed by atoms with E-state index in [0.717, 1.165) is 40.2 Å². The Morgan fingerprint density at radius 1 is 1.03 bits per heavy atom. The van der Waals surface area contributed by atoms with E-state index in [1.54, 1.807) is 6.92 Å². The number of ether oxygens (including phenoxy) is 1. The zero-order valence-corrected chi connectivity index (χ0v) is 18.6. The normalized spacial score (nSPS) is 10.7. The Morgan fingerprint density at radius 2 is 1.77 bits per heavy atom. The van der Waals surface area contributed by atoms with Crippen molar-refractivity contribution < 1.29 is 14.3 Å². The maximum absolute atomic E-state index is 12.5. The van der Waals surface area contributed by atoms with Gasteiger partial charge in [0.25, 0.3) is 5.91 Å². The molecule has 3 aromatic rings. The predicted molar refractivity (Wildman–Crippen MR) is 121 cm³/mol. The first-order chi connectivity index (χ1) is 14.4. The van der Waals surface area contributed by atoms with E-state index < -0.39 is 5.97 Å². The monoisotopic (exact) mass is 422 g/mol. The van der Waals surface area contributed by atoms with Gasteiger partial charge in [0.15, 0.2) is 6.61 Å². The van der Waals surface area contributed by atoms with Crippen LogP contribution in [0.2, 0.25) is 0 Å². The van der Waals surface area contributed by atoms with E-state index in [4.69, 9.17) is 4.74 Å². The fraction of sp³-hybridized carbons (Fsp3) is 0.292. The Kier molecular flexibility index (Phi) is 7.00. The van der Waals surface area contributed by atoms with Crippen molar-refractivity contribution in [1.29, 1.82) is 0 Å². The predicted octanol–water partition coefficient (Wildman–Crippen LogP) is 5.35. The van der Waals surface area contributed by atoms with E-state index in [0.29, 0.717) is 10.6 Å². The number of carbonyl (C=O) groups excluding carboxylic acids is 2. The molecule has 1 aromatic heterocycles. The van der Waals surface area contributed by atoms with Gasteiger partial charge in [-0.1, -0.05) is 56.3 Å². The molecule has 1 N–H and O–H groups in total. The molecule has 30 heavy (non-hydrogen) atoms. The van der Waals surface area contributed by atoms with Crippen molar-refractivity contribution in [3.63, 3.8) is 0 Å². The minimum absolute atomic E-state index is 0.339. The van der Waals surface area contributed by atoms with E-state index in [1.165, 1.54) is 16.9 Å². The van der Waals surface area contributed by atoms with Gasteiger partial charge >= 0.3 is 5.97 Å². The van der Waals surface area contributed by atoms with Crippen LogP contribution in [0.3, 0.4) is 0 Å². The molecule has 6 heteroatoms. The third kappa shape index (κ3) is 4.94. The lowest BCUT2D eigenvalue weighted by molar-refractivity contribution is -0.119. The Balaban J connectivity index is 1.65. The lowest BCUT2D eigenvalue weighted by Crippen LogP contribution is -2.22. The van der Waals surface area contributed by atoms with Crippen LogP contribution in [0.5, 0.6) is 0 Å². The average molecular weight is 423 g/mol. The summed E-state index contributed by atoms with van der Waals surface area (Å²) in [6.07, 6.45) is 1.78. The van der Waals surface area contributed by atoms with Crippen LogP contribution in [-0.2, 0) is 22.4 Å². The molecular formula is C24H26N2O3S. The summed E-state index contributed by atoms with van der Waals surface area (Å²) in [5, 5.41) is 3.63. The number of benzene rings is 2. The molecule has 0 aliphatic rings. The quantitative estimate of drug-likeness (QED) is 0.521. The summed E-state index contributed by atoms with van der Waals surface area (Å²) in [5.41, 5.74) is 5.62. The number of hydrogen-bond acceptors (Lipinski definition) is 5. The Morgan fingerprint density at radius 3 is 2.43 bits per heavy atom. The molecule has 156 valence electrons. The summed E-state index contributed by atoms with van der Waals surface area (Å²) in [7, 11) is 0. The summed E-state index contributed by atoms with van der Waals surface area (Å²) < 4.78 is 5.26. The lowest BCUT2D eigenvalue weighted by Gasteiger charge is -2.13. The molecule has 0 saturated carbocycles. The molecule has 0 spiro atoms. The van der Waals surface area contributed by atoms with Crippen molar-refractivity contribution in [3.05, 3.63) is 69.7 Å². The number of thiazole rings is 1. The van der Waals surface area contributed by atoms with E-state index in [1.807, 2.05) is 44.2 Å². The largest absolute Gasteiger partial charge is 0.451 e. The van der Waals surface area contributed by atoms with Crippen LogP contribution in [0.1, 0.15) is 45.9 Å². The summed E-state index contributed by atoms with van der Waals surface area (Å²) in [4.78, 5) is 29.8. The highest BCUT2D eigenvalue weighted by Gasteiger charge is 2.19. The first-order valence-corrected chi connectivity index (χ1v) is 10.9. The smallest absolute Gasteiger partial charge is 0.350 e. The number of rotatable bonds is 7. The highest BCUT2D eigenvalue weighted by Crippen LogP contribution is 2.29. The van der Waals surface area contributed by atoms with Crippen LogP contribution in [0, 0.1) is 13.8 Å². The van der Waals surface area contributed by atoms with Crippen molar-refractivity contribution in [2.75, 3.05) is 11.9 Å². The molecule has 1 heterocycles. The molecule has 1 amide bonds. The maximum atomic E-state index is 12.5. The molecule has 0 radical (unpaired) electrons. The SMILES string of the molecule is CCc1ccc(-c2nc(C)c(C(=O)OCC(=O)Nc3c(C)cccc3CC)s2)cc1. The van der Waals surface area contributed by atoms with Crippen LogP contribution in [0.25, 0.3) is 10.6 Å². The summed E-state index contributed by atoms with van der Waals surface area (Å²) in [6.45, 7) is 7.52. The molecule has 0 aliphatic heterocycles. The van der Waals surface area contributed by atoms with Gasteiger partial charge in [-0.15, -0.1) is 11.3 Å². The molecule has 0 atom stereocenters. The number of nitrogens with zero attached hydrogens (tertiary/aromatic N) is 1. The van der Waals surface area contributed by atoms with Gasteiger partial charge in [0, 0.05) is 11.3 Å². The van der Waals surface area contributed by atoms with Crippen LogP contribution < -0.4 is 5.32 Å². The minimum atomic E-state index is -0.530. The first kappa shape index (κ1) is 21.7. The zero-order valence-electron chi connectivity index (χ0n) is 17.7. The second-order valence-electron chi connectivity index (χ2n) is 7.07. The molecule has 2 aromatic carbocycles. The van der Waals surface area contributed by atoms with Gasteiger partial charge in [-0.05, 0) is 43.4 Å². The van der Waals surface area contributed by atoms with E-state index >= 15 is 0 Å². The Bertz CT molecular complexity index is 1050. The Hall–Kier alpha value is -2.99. The lowest BCUT2D eigenvalue weighted by atomic mass is 10.1.